The zero-order chi connectivity index (χ0) is 15.7. The van der Waals surface area contributed by atoms with Crippen LogP contribution in [-0.2, 0) is 4.74 Å². The molecule has 0 aliphatic carbocycles. The van der Waals surface area contributed by atoms with Crippen LogP contribution in [0, 0.1) is 0 Å². The molecule has 0 unspecified atom stereocenters. The van der Waals surface area contributed by atoms with Crippen LogP contribution in [0.4, 0.5) is 10.5 Å². The second-order valence-corrected chi connectivity index (χ2v) is 6.56. The Kier molecular flexibility index (Phi) is 3.68. The molecule has 0 bridgehead atoms. The minimum atomic E-state index is -0.447. The third kappa shape index (κ3) is 3.16. The largest absolute Gasteiger partial charge is 0.444 e. The highest BCUT2D eigenvalue weighted by Crippen LogP contribution is 2.21. The van der Waals surface area contributed by atoms with Crippen LogP contribution in [0.25, 0.3) is 11.0 Å². The Morgan fingerprint density at radius 2 is 2.00 bits per heavy atom. The maximum atomic E-state index is 12.1. The first kappa shape index (κ1) is 14.7. The fraction of sp³-hybridized carbons (Fsp3) is 0.500. The summed E-state index contributed by atoms with van der Waals surface area (Å²) in [5.41, 5.74) is 1.55. The molecule has 1 aliphatic rings. The number of nitrogens with one attached hydrogen (secondary N) is 1. The molecule has 1 N–H and O–H groups in total. The van der Waals surface area contributed by atoms with Crippen molar-refractivity contribution in [2.24, 2.45) is 0 Å². The summed E-state index contributed by atoms with van der Waals surface area (Å²) >= 11 is 0. The Bertz CT molecular complexity index is 666. The molecule has 0 saturated carbocycles. The van der Waals surface area contributed by atoms with E-state index < -0.39 is 5.60 Å². The molecule has 6 nitrogen and oxygen atoms in total. The Labute approximate surface area is 130 Å². The van der Waals surface area contributed by atoms with Crippen molar-refractivity contribution < 1.29 is 9.53 Å². The predicted octanol–water partition coefficient (Wildman–Crippen LogP) is 2.62. The summed E-state index contributed by atoms with van der Waals surface area (Å²) in [6.45, 7) is 8.57. The van der Waals surface area contributed by atoms with Gasteiger partial charge in [-0.2, -0.15) is 0 Å². The highest BCUT2D eigenvalue weighted by Gasteiger charge is 2.26. The van der Waals surface area contributed by atoms with Crippen molar-refractivity contribution in [1.29, 1.82) is 0 Å². The summed E-state index contributed by atoms with van der Waals surface area (Å²) in [5.74, 6) is 0. The minimum absolute atomic E-state index is 0.230. The Morgan fingerprint density at radius 1 is 1.27 bits per heavy atom. The van der Waals surface area contributed by atoms with E-state index in [1.807, 2.05) is 39.2 Å². The van der Waals surface area contributed by atoms with E-state index in [2.05, 4.69) is 20.9 Å². The van der Waals surface area contributed by atoms with Crippen molar-refractivity contribution in [3.05, 3.63) is 24.5 Å². The van der Waals surface area contributed by atoms with Gasteiger partial charge in [-0.1, -0.05) is 0 Å². The van der Waals surface area contributed by atoms with Crippen LogP contribution in [0.3, 0.4) is 0 Å². The molecule has 6 heteroatoms. The number of ether oxygens (including phenoxy) is 1. The number of anilines is 1. The van der Waals surface area contributed by atoms with E-state index in [4.69, 9.17) is 4.74 Å². The van der Waals surface area contributed by atoms with Crippen molar-refractivity contribution >= 4 is 22.8 Å². The summed E-state index contributed by atoms with van der Waals surface area (Å²) in [7, 11) is 0. The highest BCUT2D eigenvalue weighted by atomic mass is 16.6. The second-order valence-electron chi connectivity index (χ2n) is 6.56. The van der Waals surface area contributed by atoms with Crippen molar-refractivity contribution in [3.63, 3.8) is 0 Å². The number of amides is 1. The topological polar surface area (TPSA) is 61.5 Å². The van der Waals surface area contributed by atoms with Crippen LogP contribution in [-0.4, -0.2) is 52.7 Å². The van der Waals surface area contributed by atoms with Crippen LogP contribution >= 0.6 is 0 Å². The first-order valence-corrected chi connectivity index (χ1v) is 7.58. The number of nitrogens with zero attached hydrogens (tertiary/aromatic N) is 3. The van der Waals surface area contributed by atoms with Gasteiger partial charge >= 0.3 is 6.09 Å². The number of pyridine rings is 1. The van der Waals surface area contributed by atoms with Gasteiger partial charge in [0.1, 0.15) is 11.2 Å². The van der Waals surface area contributed by atoms with Crippen LogP contribution < -0.4 is 4.90 Å². The number of carbonyl (C=O) groups excluding carboxylic acids is 1. The van der Waals surface area contributed by atoms with Gasteiger partial charge < -0.3 is 19.5 Å². The minimum Gasteiger partial charge on any atom is -0.444 e. The fourth-order valence-corrected chi connectivity index (χ4v) is 2.57. The standard InChI is InChI=1S/C16H22N4O2/c1-16(2,3)22-15(21)20-8-6-19(7-9-20)13-10-12-4-5-17-14(12)18-11-13/h4-5,10-11H,6-9H2,1-3H3,(H,17,18). The fourth-order valence-electron chi connectivity index (χ4n) is 2.57. The second kappa shape index (κ2) is 5.51. The van der Waals surface area contributed by atoms with Crippen molar-refractivity contribution in [2.45, 2.75) is 26.4 Å². The molecule has 1 saturated heterocycles. The van der Waals surface area contributed by atoms with E-state index in [1.54, 1.807) is 4.90 Å². The summed E-state index contributed by atoms with van der Waals surface area (Å²) in [4.78, 5) is 23.6. The molecule has 0 aromatic carbocycles. The van der Waals surface area contributed by atoms with Crippen LogP contribution in [0.2, 0.25) is 0 Å². The number of aromatic nitrogens is 2. The normalized spacial score (nSPS) is 16.1. The summed E-state index contributed by atoms with van der Waals surface area (Å²) in [6.07, 6.45) is 3.54. The molecule has 22 heavy (non-hydrogen) atoms. The van der Waals surface area contributed by atoms with E-state index >= 15 is 0 Å². The predicted molar refractivity (Wildman–Crippen MR) is 86.1 cm³/mol. The van der Waals surface area contributed by atoms with E-state index in [9.17, 15) is 4.79 Å². The lowest BCUT2D eigenvalue weighted by atomic mass is 10.2. The van der Waals surface area contributed by atoms with Gasteiger partial charge in [0.2, 0.25) is 0 Å². The van der Waals surface area contributed by atoms with Gasteiger partial charge in [-0.05, 0) is 32.9 Å². The third-order valence-corrected chi connectivity index (χ3v) is 3.68. The molecular formula is C16H22N4O2. The number of fused-ring (bicyclic) bond motifs is 1. The SMILES string of the molecule is CC(C)(C)OC(=O)N1CCN(c2cnc3[nH]ccc3c2)CC1. The Hall–Kier alpha value is -2.24. The quantitative estimate of drug-likeness (QED) is 0.879. The third-order valence-electron chi connectivity index (χ3n) is 3.68. The van der Waals surface area contributed by atoms with Crippen molar-refractivity contribution in [1.82, 2.24) is 14.9 Å². The maximum absolute atomic E-state index is 12.1. The van der Waals surface area contributed by atoms with Gasteiger partial charge in [0.05, 0.1) is 11.9 Å². The smallest absolute Gasteiger partial charge is 0.410 e. The lowest BCUT2D eigenvalue weighted by molar-refractivity contribution is 0.0240. The number of rotatable bonds is 1. The number of carbonyl (C=O) groups is 1. The van der Waals surface area contributed by atoms with E-state index in [-0.39, 0.29) is 6.09 Å². The van der Waals surface area contributed by atoms with Crippen LogP contribution in [0.15, 0.2) is 24.5 Å². The molecule has 3 rings (SSSR count). The number of H-pyrrole nitrogens is 1. The molecule has 1 fully saturated rings. The average Bonchev–Trinajstić information content (AvgIpc) is 2.93. The number of aromatic amines is 1. The zero-order valence-electron chi connectivity index (χ0n) is 13.3. The number of hydrogen-bond donors (Lipinski definition) is 1. The van der Waals surface area contributed by atoms with Crippen molar-refractivity contribution in [3.8, 4) is 0 Å². The first-order valence-electron chi connectivity index (χ1n) is 7.58. The number of hydrogen-bond acceptors (Lipinski definition) is 4. The molecule has 3 heterocycles. The lowest BCUT2D eigenvalue weighted by Crippen LogP contribution is -2.50. The zero-order valence-corrected chi connectivity index (χ0v) is 13.3. The van der Waals surface area contributed by atoms with Crippen molar-refractivity contribution in [2.75, 3.05) is 31.1 Å². The van der Waals surface area contributed by atoms with Gasteiger partial charge in [0.25, 0.3) is 0 Å². The molecule has 1 amide bonds. The summed E-state index contributed by atoms with van der Waals surface area (Å²) in [5, 5.41) is 1.10. The first-order chi connectivity index (χ1) is 10.4. The van der Waals surface area contributed by atoms with Gasteiger partial charge in [-0.3, -0.25) is 0 Å². The van der Waals surface area contributed by atoms with Gasteiger partial charge in [0, 0.05) is 37.8 Å². The summed E-state index contributed by atoms with van der Waals surface area (Å²) < 4.78 is 5.42. The van der Waals surface area contributed by atoms with Gasteiger partial charge in [-0.15, -0.1) is 0 Å². The molecule has 0 spiro atoms. The van der Waals surface area contributed by atoms with Gasteiger partial charge in [-0.25, -0.2) is 9.78 Å². The Balaban J connectivity index is 1.62. The average molecular weight is 302 g/mol. The Morgan fingerprint density at radius 3 is 2.68 bits per heavy atom. The highest BCUT2D eigenvalue weighted by molar-refractivity contribution is 5.79. The molecule has 0 atom stereocenters. The van der Waals surface area contributed by atoms with Crippen LogP contribution in [0.1, 0.15) is 20.8 Å². The molecule has 2 aromatic heterocycles. The number of piperazine rings is 1. The van der Waals surface area contributed by atoms with E-state index in [1.165, 1.54) is 0 Å². The molecule has 2 aromatic rings. The lowest BCUT2D eigenvalue weighted by Gasteiger charge is -2.36. The monoisotopic (exact) mass is 302 g/mol. The van der Waals surface area contributed by atoms with E-state index in [0.717, 1.165) is 29.8 Å². The van der Waals surface area contributed by atoms with E-state index in [0.29, 0.717) is 13.1 Å². The van der Waals surface area contributed by atoms with Gasteiger partial charge in [0.15, 0.2) is 0 Å². The van der Waals surface area contributed by atoms with Crippen LogP contribution in [0.5, 0.6) is 0 Å². The molecule has 118 valence electrons. The maximum Gasteiger partial charge on any atom is 0.410 e. The molecule has 1 aliphatic heterocycles. The molecule has 0 radical (unpaired) electrons. The molecular weight excluding hydrogens is 280 g/mol. The summed E-state index contributed by atoms with van der Waals surface area (Å²) in [6, 6.07) is 4.14.